The van der Waals surface area contributed by atoms with Crippen molar-refractivity contribution in [3.05, 3.63) is 59.1 Å². The van der Waals surface area contributed by atoms with Gasteiger partial charge in [0.15, 0.2) is 5.13 Å². The zero-order valence-electron chi connectivity index (χ0n) is 19.2. The maximum atomic E-state index is 13.5. The second-order valence-electron chi connectivity index (χ2n) is 8.87. The summed E-state index contributed by atoms with van der Waals surface area (Å²) < 4.78 is 32.1. The molecule has 0 aliphatic carbocycles. The van der Waals surface area contributed by atoms with E-state index in [9.17, 15) is 13.2 Å². The Morgan fingerprint density at radius 2 is 1.91 bits per heavy atom. The molecule has 0 radical (unpaired) electrons. The van der Waals surface area contributed by atoms with Crippen molar-refractivity contribution in [3.8, 4) is 0 Å². The van der Waals surface area contributed by atoms with E-state index in [1.54, 1.807) is 36.5 Å². The van der Waals surface area contributed by atoms with E-state index in [4.69, 9.17) is 4.74 Å². The number of nitrogens with zero attached hydrogens (tertiary/aromatic N) is 2. The summed E-state index contributed by atoms with van der Waals surface area (Å²) in [5.74, 6) is -0.186. The Kier molecular flexibility index (Phi) is 6.18. The number of fused-ring (bicyclic) bond motifs is 2. The van der Waals surface area contributed by atoms with Crippen molar-refractivity contribution in [3.63, 3.8) is 0 Å². The lowest BCUT2D eigenvalue weighted by Crippen LogP contribution is -2.27. The van der Waals surface area contributed by atoms with Crippen LogP contribution in [0.5, 0.6) is 0 Å². The van der Waals surface area contributed by atoms with Crippen LogP contribution in [0.1, 0.15) is 35.6 Å². The minimum atomic E-state index is -3.64. The molecule has 1 fully saturated rings. The molecule has 0 saturated carbocycles. The quantitative estimate of drug-likeness (QED) is 0.539. The predicted molar refractivity (Wildman–Crippen MR) is 133 cm³/mol. The Morgan fingerprint density at radius 1 is 1.18 bits per heavy atom. The second kappa shape index (κ2) is 9.13. The summed E-state index contributed by atoms with van der Waals surface area (Å²) in [7, 11) is -1.77. The van der Waals surface area contributed by atoms with E-state index in [2.05, 4.69) is 10.3 Å². The molecule has 3 aromatic rings. The molecule has 1 amide bonds. The minimum absolute atomic E-state index is 0.123. The molecule has 1 saturated heterocycles. The fraction of sp³-hybridized carbons (Fsp3) is 0.360. The van der Waals surface area contributed by atoms with Gasteiger partial charge in [-0.3, -0.25) is 4.79 Å². The van der Waals surface area contributed by atoms with Crippen molar-refractivity contribution < 1.29 is 17.9 Å². The van der Waals surface area contributed by atoms with Crippen LogP contribution in [0.2, 0.25) is 0 Å². The molecule has 2 aliphatic heterocycles. The van der Waals surface area contributed by atoms with E-state index in [-0.39, 0.29) is 10.8 Å². The lowest BCUT2D eigenvalue weighted by molar-refractivity contribution is -0.118. The normalized spacial score (nSPS) is 18.1. The molecule has 9 heteroatoms. The largest absolute Gasteiger partial charge is 0.381 e. The Bertz CT molecular complexity index is 1330. The Balaban J connectivity index is 1.53. The highest BCUT2D eigenvalue weighted by Gasteiger charge is 2.34. The first-order valence-electron chi connectivity index (χ1n) is 11.4. The third kappa shape index (κ3) is 4.23. The van der Waals surface area contributed by atoms with Gasteiger partial charge in [0.05, 0.1) is 27.1 Å². The number of aryl methyl sites for hydroxylation is 1. The molecule has 178 valence electrons. The molecule has 1 N–H and O–H groups in total. The molecule has 5 rings (SSSR count). The highest BCUT2D eigenvalue weighted by Crippen LogP contribution is 2.44. The van der Waals surface area contributed by atoms with Gasteiger partial charge in [-0.05, 0) is 61.9 Å². The first kappa shape index (κ1) is 23.0. The molecular formula is C25H27N3O4S2. The molecule has 7 nitrogen and oxygen atoms in total. The Morgan fingerprint density at radius 3 is 2.65 bits per heavy atom. The maximum Gasteiger partial charge on any atom is 0.233 e. The number of hydrogen-bond acceptors (Lipinski definition) is 7. The van der Waals surface area contributed by atoms with E-state index in [0.717, 1.165) is 23.3 Å². The lowest BCUT2D eigenvalue weighted by Gasteiger charge is -2.31. The lowest BCUT2D eigenvalue weighted by atomic mass is 9.84. The molecular weight excluding hydrogens is 470 g/mol. The smallest absolute Gasteiger partial charge is 0.233 e. The van der Waals surface area contributed by atoms with Crippen LogP contribution >= 0.6 is 11.3 Å². The summed E-state index contributed by atoms with van der Waals surface area (Å²) >= 11 is 1.44. The monoisotopic (exact) mass is 497 g/mol. The van der Waals surface area contributed by atoms with Crippen molar-refractivity contribution >= 4 is 43.6 Å². The standard InChI is InChI=1S/C25H27N3O4S2/c1-16-15-26-25(33-16)27-24(29)19(13-17-9-11-32-12-10-17)18-7-8-23-21(14-18)28(2)20-5-3-4-6-22(20)34(23,30)31/h3-8,14-15,17,19H,9-13H2,1-2H3,(H,26,27,29). The molecule has 1 unspecified atom stereocenters. The van der Waals surface area contributed by atoms with Gasteiger partial charge in [-0.25, -0.2) is 13.4 Å². The topological polar surface area (TPSA) is 88.6 Å². The van der Waals surface area contributed by atoms with Crippen LogP contribution < -0.4 is 10.2 Å². The molecule has 2 aromatic carbocycles. The number of hydrogen-bond donors (Lipinski definition) is 1. The number of nitrogens with one attached hydrogen (secondary N) is 1. The van der Waals surface area contributed by atoms with Crippen LogP contribution in [0.25, 0.3) is 0 Å². The molecule has 0 bridgehead atoms. The van der Waals surface area contributed by atoms with Gasteiger partial charge in [-0.2, -0.15) is 0 Å². The number of ether oxygens (including phenoxy) is 1. The van der Waals surface area contributed by atoms with Crippen molar-refractivity contribution in [1.29, 1.82) is 0 Å². The van der Waals surface area contributed by atoms with E-state index in [0.29, 0.717) is 47.0 Å². The van der Waals surface area contributed by atoms with Gasteiger partial charge in [0.1, 0.15) is 0 Å². The van der Waals surface area contributed by atoms with Crippen LogP contribution in [0, 0.1) is 12.8 Å². The highest BCUT2D eigenvalue weighted by atomic mass is 32.2. The molecule has 3 heterocycles. The van der Waals surface area contributed by atoms with Gasteiger partial charge in [0.2, 0.25) is 15.7 Å². The summed E-state index contributed by atoms with van der Waals surface area (Å²) in [6.45, 7) is 3.35. The van der Waals surface area contributed by atoms with Crippen molar-refractivity contribution in [2.24, 2.45) is 5.92 Å². The molecule has 1 atom stereocenters. The van der Waals surface area contributed by atoms with Gasteiger partial charge in [0.25, 0.3) is 0 Å². The van der Waals surface area contributed by atoms with E-state index in [1.807, 2.05) is 31.0 Å². The fourth-order valence-electron chi connectivity index (χ4n) is 4.77. The number of carbonyl (C=O) groups is 1. The zero-order chi connectivity index (χ0) is 23.9. The van der Waals surface area contributed by atoms with Crippen molar-refractivity contribution in [2.45, 2.75) is 41.9 Å². The number of carbonyl (C=O) groups excluding carboxylic acids is 1. The first-order chi connectivity index (χ1) is 16.3. The summed E-state index contributed by atoms with van der Waals surface area (Å²) in [5.41, 5.74) is 2.03. The number of benzene rings is 2. The predicted octanol–water partition coefficient (Wildman–Crippen LogP) is 4.90. The van der Waals surface area contributed by atoms with E-state index < -0.39 is 15.8 Å². The van der Waals surface area contributed by atoms with Gasteiger partial charge in [-0.15, -0.1) is 11.3 Å². The molecule has 0 spiro atoms. The van der Waals surface area contributed by atoms with Gasteiger partial charge in [-0.1, -0.05) is 18.2 Å². The summed E-state index contributed by atoms with van der Waals surface area (Å²) in [5, 5.41) is 3.55. The first-order valence-corrected chi connectivity index (χ1v) is 13.7. The summed E-state index contributed by atoms with van der Waals surface area (Å²) in [6.07, 6.45) is 4.23. The SMILES string of the molecule is Cc1cnc(NC(=O)C(CC2CCOCC2)c2ccc3c(c2)N(C)c2ccccc2S3(=O)=O)s1. The average Bonchev–Trinajstić information content (AvgIpc) is 3.26. The number of para-hydroxylation sites is 1. The summed E-state index contributed by atoms with van der Waals surface area (Å²) in [4.78, 5) is 21.2. The second-order valence-corrected chi connectivity index (χ2v) is 12.0. The molecule has 1 aromatic heterocycles. The number of thiazole rings is 1. The van der Waals surface area contributed by atoms with Gasteiger partial charge in [0, 0.05) is 31.3 Å². The maximum absolute atomic E-state index is 13.5. The molecule has 2 aliphatic rings. The fourth-order valence-corrected chi connectivity index (χ4v) is 7.13. The van der Waals surface area contributed by atoms with Crippen LogP contribution in [-0.2, 0) is 19.4 Å². The highest BCUT2D eigenvalue weighted by molar-refractivity contribution is 7.92. The van der Waals surface area contributed by atoms with Crippen molar-refractivity contribution in [1.82, 2.24) is 4.98 Å². The summed E-state index contributed by atoms with van der Waals surface area (Å²) in [6, 6.07) is 12.3. The third-order valence-electron chi connectivity index (χ3n) is 6.63. The number of sulfone groups is 1. The Labute approximate surface area is 203 Å². The number of anilines is 3. The minimum Gasteiger partial charge on any atom is -0.381 e. The van der Waals surface area contributed by atoms with Gasteiger partial charge >= 0.3 is 0 Å². The zero-order valence-corrected chi connectivity index (χ0v) is 20.8. The molecule has 34 heavy (non-hydrogen) atoms. The Hall–Kier alpha value is -2.75. The van der Waals surface area contributed by atoms with Crippen LogP contribution in [0.3, 0.4) is 0 Å². The van der Waals surface area contributed by atoms with Crippen LogP contribution in [0.15, 0.2) is 58.5 Å². The van der Waals surface area contributed by atoms with Crippen LogP contribution in [0.4, 0.5) is 16.5 Å². The van der Waals surface area contributed by atoms with Crippen molar-refractivity contribution in [2.75, 3.05) is 30.5 Å². The number of rotatable bonds is 5. The van der Waals surface area contributed by atoms with Gasteiger partial charge < -0.3 is 15.0 Å². The van der Waals surface area contributed by atoms with E-state index >= 15 is 0 Å². The number of amides is 1. The van der Waals surface area contributed by atoms with E-state index in [1.165, 1.54) is 11.3 Å². The number of aromatic nitrogens is 1. The average molecular weight is 498 g/mol. The third-order valence-corrected chi connectivity index (χ3v) is 9.31. The van der Waals surface area contributed by atoms with Crippen LogP contribution in [-0.4, -0.2) is 39.6 Å².